The topological polar surface area (TPSA) is 41.1 Å². The van der Waals surface area contributed by atoms with Gasteiger partial charge in [0.15, 0.2) is 0 Å². The molecular formula is C17H26N2O. The van der Waals surface area contributed by atoms with E-state index in [4.69, 9.17) is 0 Å². The molecule has 3 heteroatoms. The first-order valence-corrected chi connectivity index (χ1v) is 7.75. The van der Waals surface area contributed by atoms with Crippen molar-refractivity contribution in [2.24, 2.45) is 11.8 Å². The molecule has 1 aromatic rings. The van der Waals surface area contributed by atoms with Gasteiger partial charge in [0.1, 0.15) is 0 Å². The first-order valence-electron chi connectivity index (χ1n) is 7.75. The van der Waals surface area contributed by atoms with Crippen molar-refractivity contribution in [3.63, 3.8) is 0 Å². The maximum absolute atomic E-state index is 12.5. The number of para-hydroxylation sites is 1. The number of carbonyl (C=O) groups is 1. The van der Waals surface area contributed by atoms with Crippen LogP contribution in [0.15, 0.2) is 24.3 Å². The molecule has 3 unspecified atom stereocenters. The zero-order valence-electron chi connectivity index (χ0n) is 12.8. The van der Waals surface area contributed by atoms with Crippen molar-refractivity contribution in [1.82, 2.24) is 5.32 Å². The van der Waals surface area contributed by atoms with E-state index in [1.807, 2.05) is 31.2 Å². The van der Waals surface area contributed by atoms with Crippen LogP contribution in [-0.2, 0) is 0 Å². The van der Waals surface area contributed by atoms with Crippen LogP contribution in [0.4, 0.5) is 5.69 Å². The van der Waals surface area contributed by atoms with E-state index in [2.05, 4.69) is 24.5 Å². The summed E-state index contributed by atoms with van der Waals surface area (Å²) in [5.74, 6) is 1.40. The maximum atomic E-state index is 12.5. The van der Waals surface area contributed by atoms with E-state index in [0.717, 1.165) is 30.1 Å². The number of nitrogens with one attached hydrogen (secondary N) is 2. The minimum atomic E-state index is 0.0490. The average Bonchev–Trinajstić information content (AvgIpc) is 2.43. The van der Waals surface area contributed by atoms with Crippen LogP contribution in [0, 0.1) is 11.8 Å². The summed E-state index contributed by atoms with van der Waals surface area (Å²) >= 11 is 0. The lowest BCUT2D eigenvalue weighted by Gasteiger charge is -2.33. The molecule has 0 aliphatic heterocycles. The summed E-state index contributed by atoms with van der Waals surface area (Å²) in [6.45, 7) is 7.41. The summed E-state index contributed by atoms with van der Waals surface area (Å²) in [7, 11) is 0. The first kappa shape index (κ1) is 14.9. The van der Waals surface area contributed by atoms with Gasteiger partial charge in [0.05, 0.1) is 5.56 Å². The predicted molar refractivity (Wildman–Crippen MR) is 84.0 cm³/mol. The fraction of sp³-hybridized carbons (Fsp3) is 0.588. The molecule has 3 atom stereocenters. The van der Waals surface area contributed by atoms with Gasteiger partial charge in [-0.25, -0.2) is 0 Å². The predicted octanol–water partition coefficient (Wildman–Crippen LogP) is 3.67. The Labute approximate surface area is 122 Å². The van der Waals surface area contributed by atoms with Gasteiger partial charge in [0, 0.05) is 18.3 Å². The SMILES string of the molecule is CCNc1ccccc1C(=O)NC1CCC(C)CC1C. The zero-order chi connectivity index (χ0) is 14.5. The smallest absolute Gasteiger partial charge is 0.253 e. The summed E-state index contributed by atoms with van der Waals surface area (Å²) in [6, 6.07) is 8.05. The molecule has 0 aromatic heterocycles. The fourth-order valence-electron chi connectivity index (χ4n) is 3.15. The third-order valence-electron chi connectivity index (χ3n) is 4.29. The normalized spacial score (nSPS) is 26.1. The fourth-order valence-corrected chi connectivity index (χ4v) is 3.15. The number of amides is 1. The molecule has 0 bridgehead atoms. The average molecular weight is 274 g/mol. The quantitative estimate of drug-likeness (QED) is 0.879. The van der Waals surface area contributed by atoms with Crippen molar-refractivity contribution < 1.29 is 4.79 Å². The molecule has 3 nitrogen and oxygen atoms in total. The maximum Gasteiger partial charge on any atom is 0.253 e. The Bertz CT molecular complexity index is 458. The van der Waals surface area contributed by atoms with E-state index in [9.17, 15) is 4.79 Å². The van der Waals surface area contributed by atoms with E-state index >= 15 is 0 Å². The van der Waals surface area contributed by atoms with Gasteiger partial charge >= 0.3 is 0 Å². The van der Waals surface area contributed by atoms with Gasteiger partial charge in [-0.05, 0) is 50.2 Å². The van der Waals surface area contributed by atoms with Crippen molar-refractivity contribution in [3.05, 3.63) is 29.8 Å². The van der Waals surface area contributed by atoms with Crippen LogP contribution in [0.25, 0.3) is 0 Å². The summed E-state index contributed by atoms with van der Waals surface area (Å²) in [5, 5.41) is 6.48. The molecule has 1 aromatic carbocycles. The number of benzene rings is 1. The van der Waals surface area contributed by atoms with Crippen molar-refractivity contribution in [3.8, 4) is 0 Å². The van der Waals surface area contributed by atoms with Gasteiger partial charge in [-0.2, -0.15) is 0 Å². The summed E-state index contributed by atoms with van der Waals surface area (Å²) in [4.78, 5) is 12.5. The van der Waals surface area contributed by atoms with Gasteiger partial charge in [-0.15, -0.1) is 0 Å². The minimum Gasteiger partial charge on any atom is -0.385 e. The Balaban J connectivity index is 2.05. The summed E-state index contributed by atoms with van der Waals surface area (Å²) in [5.41, 5.74) is 1.67. The highest BCUT2D eigenvalue weighted by Crippen LogP contribution is 2.29. The van der Waals surface area contributed by atoms with Gasteiger partial charge in [0.2, 0.25) is 0 Å². The molecule has 110 valence electrons. The third-order valence-corrected chi connectivity index (χ3v) is 4.29. The Morgan fingerprint density at radius 1 is 1.25 bits per heavy atom. The zero-order valence-corrected chi connectivity index (χ0v) is 12.8. The molecule has 1 amide bonds. The van der Waals surface area contributed by atoms with Crippen LogP contribution in [0.5, 0.6) is 0 Å². The van der Waals surface area contributed by atoms with E-state index in [0.29, 0.717) is 12.0 Å². The highest BCUT2D eigenvalue weighted by molar-refractivity contribution is 5.99. The van der Waals surface area contributed by atoms with E-state index < -0.39 is 0 Å². The second-order valence-corrected chi connectivity index (χ2v) is 6.05. The monoisotopic (exact) mass is 274 g/mol. The Kier molecular flexibility index (Phi) is 5.05. The lowest BCUT2D eigenvalue weighted by Crippen LogP contribution is -2.42. The number of anilines is 1. The van der Waals surface area contributed by atoms with Crippen molar-refractivity contribution in [2.45, 2.75) is 46.1 Å². The molecule has 2 N–H and O–H groups in total. The van der Waals surface area contributed by atoms with E-state index in [1.54, 1.807) is 0 Å². The Morgan fingerprint density at radius 3 is 2.70 bits per heavy atom. The third kappa shape index (κ3) is 3.53. The number of carbonyl (C=O) groups excluding carboxylic acids is 1. The minimum absolute atomic E-state index is 0.0490. The van der Waals surface area contributed by atoms with Gasteiger partial charge < -0.3 is 10.6 Å². The second-order valence-electron chi connectivity index (χ2n) is 6.05. The van der Waals surface area contributed by atoms with Crippen LogP contribution in [0.1, 0.15) is 50.4 Å². The first-order chi connectivity index (χ1) is 9.61. The molecule has 2 rings (SSSR count). The Hall–Kier alpha value is -1.51. The summed E-state index contributed by atoms with van der Waals surface area (Å²) < 4.78 is 0. The molecule has 0 radical (unpaired) electrons. The molecule has 0 spiro atoms. The molecule has 1 aliphatic rings. The molecular weight excluding hydrogens is 248 g/mol. The highest BCUT2D eigenvalue weighted by atomic mass is 16.1. The van der Waals surface area contributed by atoms with Gasteiger partial charge in [0.25, 0.3) is 5.91 Å². The van der Waals surface area contributed by atoms with Crippen LogP contribution >= 0.6 is 0 Å². The van der Waals surface area contributed by atoms with Crippen molar-refractivity contribution >= 4 is 11.6 Å². The standard InChI is InChI=1S/C17H26N2O/c1-4-18-16-8-6-5-7-14(16)17(20)19-15-10-9-12(2)11-13(15)3/h5-8,12-13,15,18H,4,9-11H2,1-3H3,(H,19,20). The molecule has 0 saturated heterocycles. The van der Waals surface area contributed by atoms with E-state index in [-0.39, 0.29) is 5.91 Å². The lowest BCUT2D eigenvalue weighted by atomic mass is 9.80. The van der Waals surface area contributed by atoms with Crippen molar-refractivity contribution in [2.75, 3.05) is 11.9 Å². The molecule has 1 aliphatic carbocycles. The molecule has 1 fully saturated rings. The molecule has 0 heterocycles. The number of hydrogen-bond acceptors (Lipinski definition) is 2. The van der Waals surface area contributed by atoms with Crippen LogP contribution in [-0.4, -0.2) is 18.5 Å². The van der Waals surface area contributed by atoms with Crippen molar-refractivity contribution in [1.29, 1.82) is 0 Å². The molecule has 20 heavy (non-hydrogen) atoms. The summed E-state index contributed by atoms with van der Waals surface area (Å²) in [6.07, 6.45) is 3.52. The number of hydrogen-bond donors (Lipinski definition) is 2. The van der Waals surface area contributed by atoms with Crippen LogP contribution in [0.3, 0.4) is 0 Å². The van der Waals surface area contributed by atoms with E-state index in [1.165, 1.54) is 12.8 Å². The molecule has 1 saturated carbocycles. The second kappa shape index (κ2) is 6.78. The largest absolute Gasteiger partial charge is 0.385 e. The van der Waals surface area contributed by atoms with Crippen LogP contribution < -0.4 is 10.6 Å². The van der Waals surface area contributed by atoms with Gasteiger partial charge in [-0.1, -0.05) is 26.0 Å². The number of rotatable bonds is 4. The van der Waals surface area contributed by atoms with Crippen LogP contribution in [0.2, 0.25) is 0 Å². The highest BCUT2D eigenvalue weighted by Gasteiger charge is 2.27. The Morgan fingerprint density at radius 2 is 2.00 bits per heavy atom. The lowest BCUT2D eigenvalue weighted by molar-refractivity contribution is 0.0900. The van der Waals surface area contributed by atoms with Gasteiger partial charge in [-0.3, -0.25) is 4.79 Å².